The smallest absolute Gasteiger partial charge is 0.373 e. The molecule has 11 heteroatoms. The summed E-state index contributed by atoms with van der Waals surface area (Å²) < 4.78 is 48.1. The van der Waals surface area contributed by atoms with E-state index in [0.29, 0.717) is 42.1 Å². The number of nitrogens with zero attached hydrogens (tertiary/aromatic N) is 6. The van der Waals surface area contributed by atoms with Crippen LogP contribution in [0.15, 0.2) is 17.2 Å². The van der Waals surface area contributed by atoms with Crippen molar-refractivity contribution in [1.29, 1.82) is 0 Å². The highest BCUT2D eigenvalue weighted by atomic mass is 19.4. The molecule has 35 heavy (non-hydrogen) atoms. The number of halogens is 3. The maximum atomic E-state index is 13.6. The Morgan fingerprint density at radius 2 is 1.80 bits per heavy atom. The molecular weight excluding hydrogens is 461 g/mol. The lowest BCUT2D eigenvalue weighted by Crippen LogP contribution is -2.70. The molecular formula is C24H25F3N6O2. The van der Waals surface area contributed by atoms with E-state index in [1.165, 1.54) is 10.8 Å². The van der Waals surface area contributed by atoms with E-state index in [1.807, 2.05) is 13.8 Å². The molecule has 4 heterocycles. The maximum Gasteiger partial charge on any atom is 0.394 e. The third-order valence-electron chi connectivity index (χ3n) is 8.08. The van der Waals surface area contributed by atoms with E-state index in [-0.39, 0.29) is 37.0 Å². The van der Waals surface area contributed by atoms with Crippen LogP contribution in [0.1, 0.15) is 72.6 Å². The molecule has 0 spiro atoms. The fraction of sp³-hybridized carbons (Fsp3) is 0.583. The van der Waals surface area contributed by atoms with Crippen molar-refractivity contribution in [2.24, 2.45) is 12.5 Å². The van der Waals surface area contributed by atoms with Crippen molar-refractivity contribution in [3.8, 4) is 0 Å². The molecule has 4 aliphatic rings. The molecule has 0 N–H and O–H groups in total. The van der Waals surface area contributed by atoms with Crippen molar-refractivity contribution in [2.75, 3.05) is 6.61 Å². The minimum Gasteiger partial charge on any atom is -0.373 e. The van der Waals surface area contributed by atoms with Crippen LogP contribution in [0, 0.1) is 19.3 Å². The number of aryl methyl sites for hydroxylation is 3. The minimum atomic E-state index is -4.20. The van der Waals surface area contributed by atoms with Gasteiger partial charge in [0.1, 0.15) is 11.3 Å². The van der Waals surface area contributed by atoms with Crippen LogP contribution in [-0.2, 0) is 17.2 Å². The van der Waals surface area contributed by atoms with Crippen LogP contribution in [0.5, 0.6) is 0 Å². The molecule has 2 atom stereocenters. The van der Waals surface area contributed by atoms with Crippen LogP contribution < -0.4 is 5.69 Å². The number of rotatable bonds is 3. The van der Waals surface area contributed by atoms with Gasteiger partial charge < -0.3 is 9.30 Å². The monoisotopic (exact) mass is 486 g/mol. The maximum absolute atomic E-state index is 13.6. The van der Waals surface area contributed by atoms with Gasteiger partial charge in [0.2, 0.25) is 0 Å². The Hall–Kier alpha value is -2.95. The van der Waals surface area contributed by atoms with Crippen molar-refractivity contribution in [1.82, 2.24) is 29.5 Å². The van der Waals surface area contributed by atoms with Crippen LogP contribution >= 0.6 is 0 Å². The molecule has 3 aromatic rings. The average molecular weight is 486 g/mol. The molecule has 1 saturated heterocycles. The second kappa shape index (κ2) is 7.28. The Bertz CT molecular complexity index is 1400. The quantitative estimate of drug-likeness (QED) is 0.556. The highest BCUT2D eigenvalue weighted by Gasteiger charge is 2.79. The summed E-state index contributed by atoms with van der Waals surface area (Å²) >= 11 is 0. The highest BCUT2D eigenvalue weighted by Crippen LogP contribution is 2.78. The van der Waals surface area contributed by atoms with Gasteiger partial charge in [0.05, 0.1) is 28.6 Å². The molecule has 0 aromatic carbocycles. The summed E-state index contributed by atoms with van der Waals surface area (Å²) in [5.41, 5.74) is 1.25. The van der Waals surface area contributed by atoms with Crippen LogP contribution in [0.25, 0.3) is 11.2 Å². The van der Waals surface area contributed by atoms with Crippen LogP contribution in [0.3, 0.4) is 0 Å². The largest absolute Gasteiger partial charge is 0.394 e. The average Bonchev–Trinajstić information content (AvgIpc) is 2.74. The van der Waals surface area contributed by atoms with Crippen molar-refractivity contribution in [3.63, 3.8) is 0 Å². The summed E-state index contributed by atoms with van der Waals surface area (Å²) in [5, 5.41) is 0. The minimum absolute atomic E-state index is 0.0454. The molecule has 0 unspecified atom stereocenters. The number of alkyl halides is 3. The molecule has 2 bridgehead atoms. The molecule has 0 radical (unpaired) electrons. The summed E-state index contributed by atoms with van der Waals surface area (Å²) in [5.74, 6) is 0.503. The Labute approximate surface area is 199 Å². The third-order valence-corrected chi connectivity index (χ3v) is 8.08. The van der Waals surface area contributed by atoms with Gasteiger partial charge in [0.25, 0.3) is 0 Å². The standard InChI is InChI=1S/C24H25F3N6O2/c1-12-13(2)30-20-17(29-12)18(22-9-23(10-22,11-22)24(25,26)27)31-19(32-20)14-4-5-35-16(6-14)15-7-28-21(34)33(3)8-15/h7-8,14,16H,4-6,9-11H2,1-3H3/t14-,16-,22?,23?/m0/s1. The molecule has 3 saturated carbocycles. The van der Waals surface area contributed by atoms with Crippen molar-refractivity contribution in [2.45, 2.75) is 69.6 Å². The zero-order valence-corrected chi connectivity index (χ0v) is 19.7. The Morgan fingerprint density at radius 3 is 2.49 bits per heavy atom. The molecule has 184 valence electrons. The molecule has 0 amide bonds. The Kier molecular flexibility index (Phi) is 4.68. The molecule has 8 nitrogen and oxygen atoms in total. The van der Waals surface area contributed by atoms with Crippen molar-refractivity contribution < 1.29 is 17.9 Å². The number of hydrogen-bond acceptors (Lipinski definition) is 7. The van der Waals surface area contributed by atoms with E-state index in [2.05, 4.69) is 15.0 Å². The number of ether oxygens (including phenoxy) is 1. The van der Waals surface area contributed by atoms with Crippen molar-refractivity contribution in [3.05, 3.63) is 51.3 Å². The number of fused-ring (bicyclic) bond motifs is 1. The van der Waals surface area contributed by atoms with Crippen LogP contribution in [-0.4, -0.2) is 42.3 Å². The second-order valence-electron chi connectivity index (χ2n) is 10.4. The lowest BCUT2D eigenvalue weighted by Gasteiger charge is -2.70. The van der Waals surface area contributed by atoms with Gasteiger partial charge in [-0.3, -0.25) is 0 Å². The Balaban J connectivity index is 1.38. The first-order chi connectivity index (χ1) is 16.5. The van der Waals surface area contributed by atoms with E-state index in [0.717, 1.165) is 17.0 Å². The summed E-state index contributed by atoms with van der Waals surface area (Å²) in [6, 6.07) is 0. The second-order valence-corrected chi connectivity index (χ2v) is 10.4. The molecule has 1 aliphatic heterocycles. The van der Waals surface area contributed by atoms with Gasteiger partial charge in [0.15, 0.2) is 5.65 Å². The fourth-order valence-electron chi connectivity index (χ4n) is 5.98. The summed E-state index contributed by atoms with van der Waals surface area (Å²) in [6.07, 6.45) is 0.141. The van der Waals surface area contributed by atoms with Crippen LogP contribution in [0.2, 0.25) is 0 Å². The van der Waals surface area contributed by atoms with E-state index in [1.54, 1.807) is 13.2 Å². The molecule has 3 aromatic heterocycles. The zero-order valence-electron chi connectivity index (χ0n) is 19.7. The van der Waals surface area contributed by atoms with Gasteiger partial charge in [-0.25, -0.2) is 29.7 Å². The Morgan fingerprint density at radius 1 is 1.09 bits per heavy atom. The number of hydrogen-bond donors (Lipinski definition) is 0. The van der Waals surface area contributed by atoms with Gasteiger partial charge in [0, 0.05) is 42.9 Å². The fourth-order valence-corrected chi connectivity index (χ4v) is 5.98. The van der Waals surface area contributed by atoms with Gasteiger partial charge >= 0.3 is 11.9 Å². The lowest BCUT2D eigenvalue weighted by molar-refractivity contribution is -0.337. The SMILES string of the molecule is Cc1nc2nc([C@H]3CCO[C@H](c4cnc(=O)n(C)c4)C3)nc(C34CC(C(F)(F)F)(C3)C4)c2nc1C. The zero-order chi connectivity index (χ0) is 24.8. The molecule has 4 fully saturated rings. The van der Waals surface area contributed by atoms with Gasteiger partial charge in [-0.2, -0.15) is 13.2 Å². The van der Waals surface area contributed by atoms with Gasteiger partial charge in [-0.15, -0.1) is 0 Å². The van der Waals surface area contributed by atoms with Gasteiger partial charge in [-0.1, -0.05) is 0 Å². The third kappa shape index (κ3) is 3.30. The number of aromatic nitrogens is 6. The van der Waals surface area contributed by atoms with Crippen molar-refractivity contribution >= 4 is 11.2 Å². The van der Waals surface area contributed by atoms with E-state index in [4.69, 9.17) is 14.7 Å². The normalized spacial score (nSPS) is 30.1. The summed E-state index contributed by atoms with van der Waals surface area (Å²) in [7, 11) is 1.64. The highest BCUT2D eigenvalue weighted by molar-refractivity contribution is 5.75. The van der Waals surface area contributed by atoms with Gasteiger partial charge in [-0.05, 0) is 46.0 Å². The summed E-state index contributed by atoms with van der Waals surface area (Å²) in [6.45, 7) is 4.15. The van der Waals surface area contributed by atoms with E-state index < -0.39 is 17.0 Å². The predicted octanol–water partition coefficient (Wildman–Crippen LogP) is 3.75. The topological polar surface area (TPSA) is 95.7 Å². The van der Waals surface area contributed by atoms with E-state index in [9.17, 15) is 18.0 Å². The lowest BCUT2D eigenvalue weighted by atomic mass is 9.34. The molecule has 7 rings (SSSR count). The first kappa shape index (κ1) is 22.5. The first-order valence-corrected chi connectivity index (χ1v) is 11.7. The predicted molar refractivity (Wildman–Crippen MR) is 119 cm³/mol. The molecule has 3 aliphatic carbocycles. The summed E-state index contributed by atoms with van der Waals surface area (Å²) in [4.78, 5) is 34.5. The van der Waals surface area contributed by atoms with Crippen LogP contribution in [0.4, 0.5) is 13.2 Å². The first-order valence-electron chi connectivity index (χ1n) is 11.7. The van der Waals surface area contributed by atoms with E-state index >= 15 is 0 Å².